The van der Waals surface area contributed by atoms with Crippen molar-refractivity contribution in [3.63, 3.8) is 0 Å². The third-order valence-electron chi connectivity index (χ3n) is 1.93. The second-order valence-electron chi connectivity index (χ2n) is 5.76. The molecule has 0 aromatic carbocycles. The molecule has 2 N–H and O–H groups in total. The first kappa shape index (κ1) is 11.9. The summed E-state index contributed by atoms with van der Waals surface area (Å²) in [5.74, 6) is 5.27. The summed E-state index contributed by atoms with van der Waals surface area (Å²) >= 11 is 0. The topological polar surface area (TPSA) is 35.2 Å². The van der Waals surface area contributed by atoms with E-state index >= 15 is 0 Å². The number of hydrogen-bond acceptors (Lipinski definition) is 2. The number of rotatable bonds is 2. The first-order valence-electron chi connectivity index (χ1n) is 4.52. The van der Waals surface area contributed by atoms with Gasteiger partial charge in [0.25, 0.3) is 0 Å². The van der Waals surface area contributed by atoms with Gasteiger partial charge in [0, 0.05) is 0 Å². The average Bonchev–Trinajstić information content (AvgIpc) is 1.78. The zero-order valence-electron chi connectivity index (χ0n) is 9.27. The number of hydrogen-bond donors (Lipinski definition) is 1. The van der Waals surface area contributed by atoms with Gasteiger partial charge in [-0.25, -0.2) is 5.90 Å². The van der Waals surface area contributed by atoms with E-state index in [2.05, 4.69) is 41.5 Å². The van der Waals surface area contributed by atoms with E-state index in [4.69, 9.17) is 10.7 Å². The fraction of sp³-hybridized carbons (Fsp3) is 1.00. The Balaban J connectivity index is 4.20. The van der Waals surface area contributed by atoms with Crippen LogP contribution in [0.3, 0.4) is 0 Å². The summed E-state index contributed by atoms with van der Waals surface area (Å²) < 4.78 is 0. The molecular formula is C10H23NO. The van der Waals surface area contributed by atoms with Crippen molar-refractivity contribution in [3.8, 4) is 0 Å². The SMILES string of the molecule is CC(C)(C)CC(ON)C(C)(C)C. The maximum atomic E-state index is 5.27. The molecule has 0 rings (SSSR count). The summed E-state index contributed by atoms with van der Waals surface area (Å²) in [4.78, 5) is 4.99. The molecule has 0 aromatic rings. The van der Waals surface area contributed by atoms with E-state index in [1.54, 1.807) is 0 Å². The average molecular weight is 173 g/mol. The van der Waals surface area contributed by atoms with E-state index in [0.29, 0.717) is 0 Å². The summed E-state index contributed by atoms with van der Waals surface area (Å²) in [6.45, 7) is 13.0. The molecule has 2 nitrogen and oxygen atoms in total. The van der Waals surface area contributed by atoms with Gasteiger partial charge >= 0.3 is 0 Å². The third-order valence-corrected chi connectivity index (χ3v) is 1.93. The Kier molecular flexibility index (Phi) is 3.73. The smallest absolute Gasteiger partial charge is 0.0840 e. The van der Waals surface area contributed by atoms with E-state index in [0.717, 1.165) is 6.42 Å². The minimum atomic E-state index is 0.127. The molecule has 0 saturated carbocycles. The van der Waals surface area contributed by atoms with Crippen LogP contribution in [0.2, 0.25) is 0 Å². The van der Waals surface area contributed by atoms with Crippen LogP contribution in [0.4, 0.5) is 0 Å². The van der Waals surface area contributed by atoms with Crippen LogP contribution >= 0.6 is 0 Å². The molecule has 0 aliphatic carbocycles. The van der Waals surface area contributed by atoms with Crippen molar-refractivity contribution in [1.82, 2.24) is 0 Å². The Labute approximate surface area is 76.4 Å². The lowest BCUT2D eigenvalue weighted by Gasteiger charge is -2.33. The quantitative estimate of drug-likeness (QED) is 0.652. The predicted molar refractivity (Wildman–Crippen MR) is 52.6 cm³/mol. The van der Waals surface area contributed by atoms with E-state index in [9.17, 15) is 0 Å². The standard InChI is InChI=1S/C10H23NO/c1-9(2,3)7-8(12-11)10(4,5)6/h8H,7,11H2,1-6H3. The van der Waals surface area contributed by atoms with Crippen LogP contribution in [0, 0.1) is 10.8 Å². The van der Waals surface area contributed by atoms with Crippen molar-refractivity contribution in [2.45, 2.75) is 54.1 Å². The molecule has 0 aliphatic heterocycles. The molecule has 0 heterocycles. The number of nitrogens with two attached hydrogens (primary N) is 1. The molecule has 0 radical (unpaired) electrons. The fourth-order valence-electron chi connectivity index (χ4n) is 1.11. The van der Waals surface area contributed by atoms with Crippen LogP contribution in [0.1, 0.15) is 48.0 Å². The van der Waals surface area contributed by atoms with Gasteiger partial charge in [0.1, 0.15) is 0 Å². The molecule has 0 amide bonds. The lowest BCUT2D eigenvalue weighted by Crippen LogP contribution is -2.35. The molecule has 2 heteroatoms. The Bertz CT molecular complexity index is 130. The van der Waals surface area contributed by atoms with Gasteiger partial charge in [-0.15, -0.1) is 0 Å². The molecular weight excluding hydrogens is 150 g/mol. The van der Waals surface area contributed by atoms with Gasteiger partial charge in [-0.05, 0) is 17.3 Å². The summed E-state index contributed by atoms with van der Waals surface area (Å²) in [6.07, 6.45) is 1.13. The minimum Gasteiger partial charge on any atom is -0.301 e. The Hall–Kier alpha value is -0.0800. The van der Waals surface area contributed by atoms with Crippen LogP contribution in [0.5, 0.6) is 0 Å². The third kappa shape index (κ3) is 4.73. The normalized spacial score (nSPS) is 16.2. The van der Waals surface area contributed by atoms with E-state index < -0.39 is 0 Å². The highest BCUT2D eigenvalue weighted by molar-refractivity contribution is 4.78. The highest BCUT2D eigenvalue weighted by atomic mass is 16.6. The first-order chi connectivity index (χ1) is 5.17. The van der Waals surface area contributed by atoms with Gasteiger partial charge in [-0.2, -0.15) is 0 Å². The van der Waals surface area contributed by atoms with Gasteiger partial charge in [0.05, 0.1) is 6.10 Å². The van der Waals surface area contributed by atoms with Gasteiger partial charge in [-0.1, -0.05) is 41.5 Å². The molecule has 1 unspecified atom stereocenters. The van der Waals surface area contributed by atoms with Crippen molar-refractivity contribution in [1.29, 1.82) is 0 Å². The van der Waals surface area contributed by atoms with Gasteiger partial charge in [0.15, 0.2) is 0 Å². The molecule has 0 fully saturated rings. The van der Waals surface area contributed by atoms with Crippen molar-refractivity contribution in [3.05, 3.63) is 0 Å². The van der Waals surface area contributed by atoms with Crippen molar-refractivity contribution < 1.29 is 4.84 Å². The van der Waals surface area contributed by atoms with Crippen LogP contribution in [-0.4, -0.2) is 6.10 Å². The monoisotopic (exact) mass is 173 g/mol. The molecule has 0 bridgehead atoms. The van der Waals surface area contributed by atoms with Crippen molar-refractivity contribution >= 4 is 0 Å². The summed E-state index contributed by atoms with van der Waals surface area (Å²) in [7, 11) is 0. The summed E-state index contributed by atoms with van der Waals surface area (Å²) in [5, 5.41) is 0. The van der Waals surface area contributed by atoms with Crippen LogP contribution in [-0.2, 0) is 4.84 Å². The molecule has 0 spiro atoms. The zero-order valence-corrected chi connectivity index (χ0v) is 9.27. The largest absolute Gasteiger partial charge is 0.301 e. The van der Waals surface area contributed by atoms with Gasteiger partial charge in [0.2, 0.25) is 0 Å². The molecule has 12 heavy (non-hydrogen) atoms. The van der Waals surface area contributed by atoms with Crippen LogP contribution in [0.15, 0.2) is 0 Å². The highest BCUT2D eigenvalue weighted by Gasteiger charge is 2.29. The first-order valence-corrected chi connectivity index (χ1v) is 4.52. The molecule has 0 aliphatic rings. The van der Waals surface area contributed by atoms with E-state index in [1.165, 1.54) is 0 Å². The maximum Gasteiger partial charge on any atom is 0.0840 e. The zero-order chi connectivity index (χ0) is 9.99. The summed E-state index contributed by atoms with van der Waals surface area (Å²) in [6, 6.07) is 0. The Morgan fingerprint density at radius 2 is 1.50 bits per heavy atom. The van der Waals surface area contributed by atoms with Crippen molar-refractivity contribution in [2.75, 3.05) is 0 Å². The van der Waals surface area contributed by atoms with Crippen LogP contribution < -0.4 is 5.90 Å². The lowest BCUT2D eigenvalue weighted by molar-refractivity contribution is -0.0421. The van der Waals surface area contributed by atoms with E-state index in [1.807, 2.05) is 0 Å². The van der Waals surface area contributed by atoms with Crippen LogP contribution in [0.25, 0.3) is 0 Å². The predicted octanol–water partition coefficient (Wildman–Crippen LogP) is 2.73. The highest BCUT2D eigenvalue weighted by Crippen LogP contribution is 2.31. The molecule has 0 saturated heterocycles. The Morgan fingerprint density at radius 3 is 1.58 bits per heavy atom. The second kappa shape index (κ2) is 3.75. The Morgan fingerprint density at radius 1 is 1.08 bits per heavy atom. The maximum absolute atomic E-state index is 5.27. The molecule has 0 aromatic heterocycles. The molecule has 74 valence electrons. The minimum absolute atomic E-state index is 0.127. The second-order valence-corrected chi connectivity index (χ2v) is 5.76. The molecule has 1 atom stereocenters. The summed E-state index contributed by atoms with van der Waals surface area (Å²) in [5.41, 5.74) is 0.402. The van der Waals surface area contributed by atoms with Crippen molar-refractivity contribution in [2.24, 2.45) is 16.7 Å². The van der Waals surface area contributed by atoms with E-state index in [-0.39, 0.29) is 16.9 Å². The van der Waals surface area contributed by atoms with Gasteiger partial charge < -0.3 is 4.84 Å². The fourth-order valence-corrected chi connectivity index (χ4v) is 1.11. The van der Waals surface area contributed by atoms with Gasteiger partial charge in [-0.3, -0.25) is 0 Å². The lowest BCUT2D eigenvalue weighted by atomic mass is 9.79.